The van der Waals surface area contributed by atoms with Crippen molar-refractivity contribution in [2.24, 2.45) is 0 Å². The first-order chi connectivity index (χ1) is 12.7. The number of para-hydroxylation sites is 1. The van der Waals surface area contributed by atoms with Crippen molar-refractivity contribution in [2.75, 3.05) is 6.61 Å². The number of ether oxygens (including phenoxy) is 1. The van der Waals surface area contributed by atoms with Crippen LogP contribution in [0, 0.1) is 0 Å². The molecule has 134 valence electrons. The third-order valence-electron chi connectivity index (χ3n) is 4.64. The van der Waals surface area contributed by atoms with E-state index in [2.05, 4.69) is 4.98 Å². The van der Waals surface area contributed by atoms with Gasteiger partial charge in [0.25, 0.3) is 11.5 Å². The van der Waals surface area contributed by atoms with Gasteiger partial charge in [0.1, 0.15) is 11.9 Å². The summed E-state index contributed by atoms with van der Waals surface area (Å²) in [7, 11) is 0. The van der Waals surface area contributed by atoms with Crippen molar-refractivity contribution in [1.82, 2.24) is 9.88 Å². The van der Waals surface area contributed by atoms with Crippen molar-refractivity contribution in [2.45, 2.75) is 32.0 Å². The SMILES string of the molecule is O=C(C1CCCO1)N(Cc1ccco1)Cc1cc2ccccc2[nH]c1=O. The second-order valence-corrected chi connectivity index (χ2v) is 6.49. The van der Waals surface area contributed by atoms with Crippen molar-refractivity contribution in [3.8, 4) is 0 Å². The summed E-state index contributed by atoms with van der Waals surface area (Å²) >= 11 is 0. The van der Waals surface area contributed by atoms with E-state index in [9.17, 15) is 9.59 Å². The van der Waals surface area contributed by atoms with Gasteiger partial charge < -0.3 is 19.0 Å². The Morgan fingerprint density at radius 1 is 1.19 bits per heavy atom. The van der Waals surface area contributed by atoms with Crippen molar-refractivity contribution in [3.63, 3.8) is 0 Å². The normalized spacial score (nSPS) is 16.8. The second-order valence-electron chi connectivity index (χ2n) is 6.49. The summed E-state index contributed by atoms with van der Waals surface area (Å²) in [5.74, 6) is 0.569. The minimum absolute atomic E-state index is 0.105. The van der Waals surface area contributed by atoms with Gasteiger partial charge in [0.15, 0.2) is 0 Å². The van der Waals surface area contributed by atoms with Crippen LogP contribution in [0.5, 0.6) is 0 Å². The fourth-order valence-corrected chi connectivity index (χ4v) is 3.29. The van der Waals surface area contributed by atoms with Crippen LogP contribution in [0.4, 0.5) is 0 Å². The number of fused-ring (bicyclic) bond motifs is 1. The number of aromatic nitrogens is 1. The van der Waals surface area contributed by atoms with Crippen LogP contribution in [-0.2, 0) is 22.6 Å². The Bertz CT molecular complexity index is 955. The molecule has 1 amide bonds. The van der Waals surface area contributed by atoms with Gasteiger partial charge >= 0.3 is 0 Å². The van der Waals surface area contributed by atoms with Gasteiger partial charge in [-0.1, -0.05) is 18.2 Å². The first kappa shape index (κ1) is 16.6. The standard InChI is InChI=1S/C20H20N2O4/c23-19-15(11-14-5-1-2-7-17(14)21-19)12-22(13-16-6-3-9-25-16)20(24)18-8-4-10-26-18/h1-3,5-7,9,11,18H,4,8,10,12-13H2,(H,21,23). The average molecular weight is 352 g/mol. The molecule has 1 aliphatic heterocycles. The lowest BCUT2D eigenvalue weighted by Crippen LogP contribution is -2.39. The molecule has 3 aromatic rings. The van der Waals surface area contributed by atoms with E-state index < -0.39 is 6.10 Å². The summed E-state index contributed by atoms with van der Waals surface area (Å²) in [6, 6.07) is 13.0. The number of carbonyl (C=O) groups excluding carboxylic acids is 1. The molecule has 6 heteroatoms. The van der Waals surface area contributed by atoms with Gasteiger partial charge in [-0.15, -0.1) is 0 Å². The number of pyridine rings is 1. The maximum absolute atomic E-state index is 12.9. The number of hydrogen-bond acceptors (Lipinski definition) is 4. The van der Waals surface area contributed by atoms with Crippen molar-refractivity contribution < 1.29 is 13.9 Å². The van der Waals surface area contributed by atoms with Gasteiger partial charge in [-0.3, -0.25) is 9.59 Å². The molecule has 0 aliphatic carbocycles. The molecule has 1 atom stereocenters. The van der Waals surface area contributed by atoms with Crippen LogP contribution in [0.15, 0.2) is 57.9 Å². The number of aromatic amines is 1. The molecular weight excluding hydrogens is 332 g/mol. The average Bonchev–Trinajstić information content (AvgIpc) is 3.35. The first-order valence-corrected chi connectivity index (χ1v) is 8.74. The van der Waals surface area contributed by atoms with Crippen LogP contribution in [0.2, 0.25) is 0 Å². The lowest BCUT2D eigenvalue weighted by Gasteiger charge is -2.24. The van der Waals surface area contributed by atoms with Crippen LogP contribution in [0.1, 0.15) is 24.2 Å². The zero-order valence-electron chi connectivity index (χ0n) is 14.3. The van der Waals surface area contributed by atoms with Crippen molar-refractivity contribution in [3.05, 3.63) is 70.4 Å². The Balaban J connectivity index is 1.64. The maximum Gasteiger partial charge on any atom is 0.253 e. The fourth-order valence-electron chi connectivity index (χ4n) is 3.29. The Morgan fingerprint density at radius 3 is 2.85 bits per heavy atom. The van der Waals surface area contributed by atoms with E-state index in [1.54, 1.807) is 17.2 Å². The Hall–Kier alpha value is -2.86. The van der Waals surface area contributed by atoms with E-state index in [4.69, 9.17) is 9.15 Å². The van der Waals surface area contributed by atoms with E-state index in [0.717, 1.165) is 17.3 Å². The summed E-state index contributed by atoms with van der Waals surface area (Å²) in [5.41, 5.74) is 1.14. The number of rotatable bonds is 5. The first-order valence-electron chi connectivity index (χ1n) is 8.74. The fraction of sp³-hybridized carbons (Fsp3) is 0.300. The van der Waals surface area contributed by atoms with Gasteiger partial charge in [0.2, 0.25) is 0 Å². The molecule has 4 rings (SSSR count). The summed E-state index contributed by atoms with van der Waals surface area (Å²) in [5, 5.41) is 0.935. The molecule has 1 saturated heterocycles. The summed E-state index contributed by atoms with van der Waals surface area (Å²) in [6.07, 6.45) is 2.72. The van der Waals surface area contributed by atoms with E-state index in [0.29, 0.717) is 30.9 Å². The van der Waals surface area contributed by atoms with Gasteiger partial charge in [-0.2, -0.15) is 0 Å². The molecule has 1 aliphatic rings. The lowest BCUT2D eigenvalue weighted by molar-refractivity contribution is -0.142. The third-order valence-corrected chi connectivity index (χ3v) is 4.64. The van der Waals surface area contributed by atoms with Gasteiger partial charge in [0.05, 0.1) is 19.4 Å². The highest BCUT2D eigenvalue weighted by Gasteiger charge is 2.29. The number of furan rings is 1. The Morgan fingerprint density at radius 2 is 2.08 bits per heavy atom. The van der Waals surface area contributed by atoms with E-state index in [1.807, 2.05) is 36.4 Å². The number of H-pyrrole nitrogens is 1. The van der Waals surface area contributed by atoms with E-state index >= 15 is 0 Å². The van der Waals surface area contributed by atoms with Crippen LogP contribution in [-0.4, -0.2) is 28.5 Å². The predicted molar refractivity (Wildman–Crippen MR) is 96.5 cm³/mol. The summed E-state index contributed by atoms with van der Waals surface area (Å²) in [4.78, 5) is 29.9. The monoisotopic (exact) mass is 352 g/mol. The van der Waals surface area contributed by atoms with Crippen LogP contribution in [0.25, 0.3) is 10.9 Å². The summed E-state index contributed by atoms with van der Waals surface area (Å²) < 4.78 is 10.9. The number of hydrogen-bond donors (Lipinski definition) is 1. The minimum atomic E-state index is -0.440. The third kappa shape index (κ3) is 3.41. The molecular formula is C20H20N2O4. The molecule has 1 unspecified atom stereocenters. The molecule has 26 heavy (non-hydrogen) atoms. The van der Waals surface area contributed by atoms with Crippen molar-refractivity contribution in [1.29, 1.82) is 0 Å². The lowest BCUT2D eigenvalue weighted by atomic mass is 10.1. The zero-order chi connectivity index (χ0) is 17.9. The molecule has 6 nitrogen and oxygen atoms in total. The highest BCUT2D eigenvalue weighted by atomic mass is 16.5. The maximum atomic E-state index is 12.9. The largest absolute Gasteiger partial charge is 0.467 e. The predicted octanol–water partition coefficient (Wildman–Crippen LogP) is 2.83. The molecule has 1 N–H and O–H groups in total. The topological polar surface area (TPSA) is 75.5 Å². The minimum Gasteiger partial charge on any atom is -0.467 e. The number of amides is 1. The number of nitrogens with one attached hydrogen (secondary N) is 1. The van der Waals surface area contributed by atoms with Crippen LogP contribution in [0.3, 0.4) is 0 Å². The zero-order valence-corrected chi connectivity index (χ0v) is 14.3. The number of nitrogens with zero attached hydrogens (tertiary/aromatic N) is 1. The highest BCUT2D eigenvalue weighted by Crippen LogP contribution is 2.19. The van der Waals surface area contributed by atoms with Crippen molar-refractivity contribution >= 4 is 16.8 Å². The van der Waals surface area contributed by atoms with Crippen LogP contribution >= 0.6 is 0 Å². The number of benzene rings is 1. The molecule has 1 aromatic carbocycles. The quantitative estimate of drug-likeness (QED) is 0.766. The molecule has 1 fully saturated rings. The molecule has 0 saturated carbocycles. The molecule has 2 aromatic heterocycles. The van der Waals surface area contributed by atoms with Gasteiger partial charge in [0, 0.05) is 17.7 Å². The molecule has 0 radical (unpaired) electrons. The molecule has 3 heterocycles. The highest BCUT2D eigenvalue weighted by molar-refractivity contribution is 5.82. The van der Waals surface area contributed by atoms with E-state index in [-0.39, 0.29) is 18.0 Å². The van der Waals surface area contributed by atoms with Gasteiger partial charge in [-0.05, 0) is 42.5 Å². The number of carbonyl (C=O) groups is 1. The van der Waals surface area contributed by atoms with E-state index in [1.165, 1.54) is 0 Å². The summed E-state index contributed by atoms with van der Waals surface area (Å²) in [6.45, 7) is 1.11. The molecule has 0 spiro atoms. The van der Waals surface area contributed by atoms with Gasteiger partial charge in [-0.25, -0.2) is 0 Å². The molecule has 0 bridgehead atoms. The second kappa shape index (κ2) is 7.17. The Labute approximate surface area is 150 Å². The smallest absolute Gasteiger partial charge is 0.253 e. The Kier molecular flexibility index (Phi) is 4.58. The van der Waals surface area contributed by atoms with Crippen LogP contribution < -0.4 is 5.56 Å².